The third-order valence-electron chi connectivity index (χ3n) is 4.60. The Kier molecular flexibility index (Phi) is 6.50. The molecule has 0 radical (unpaired) electrons. The fourth-order valence-corrected chi connectivity index (χ4v) is 2.86. The second-order valence-electron chi connectivity index (χ2n) is 7.01. The van der Waals surface area contributed by atoms with Gasteiger partial charge < -0.3 is 20.2 Å². The highest BCUT2D eigenvalue weighted by molar-refractivity contribution is 5.92. The number of amides is 1. The molecule has 0 saturated heterocycles. The van der Waals surface area contributed by atoms with Gasteiger partial charge in [0, 0.05) is 18.2 Å². The van der Waals surface area contributed by atoms with Crippen LogP contribution in [0.2, 0.25) is 0 Å². The minimum absolute atomic E-state index is 0.248. The normalized spacial score (nSPS) is 12.0. The molecule has 146 valence electrons. The Morgan fingerprint density at radius 1 is 1.04 bits per heavy atom. The second-order valence-corrected chi connectivity index (χ2v) is 7.01. The first-order chi connectivity index (χ1) is 13.5. The number of rotatable bonds is 8. The van der Waals surface area contributed by atoms with E-state index in [1.54, 1.807) is 6.07 Å². The molecule has 0 bridgehead atoms. The first-order valence-electron chi connectivity index (χ1n) is 9.42. The van der Waals surface area contributed by atoms with E-state index < -0.39 is 0 Å². The van der Waals surface area contributed by atoms with E-state index in [9.17, 15) is 4.79 Å². The van der Waals surface area contributed by atoms with E-state index >= 15 is 0 Å². The molecule has 28 heavy (non-hydrogen) atoms. The standard InChI is InChI=1S/C23H26N2O3/c1-16(2)17-8-10-18(11-9-17)21(24)14-25-23(26)22-19(12-13-27-22)15-28-20-6-4-3-5-7-20/h3-13,16,21H,14-15,24H2,1-2H3,(H,25,26). The molecule has 0 spiro atoms. The van der Waals surface area contributed by atoms with Crippen molar-refractivity contribution in [2.75, 3.05) is 6.54 Å². The van der Waals surface area contributed by atoms with Crippen molar-refractivity contribution in [3.05, 3.63) is 89.4 Å². The van der Waals surface area contributed by atoms with Gasteiger partial charge in [-0.15, -0.1) is 0 Å². The monoisotopic (exact) mass is 378 g/mol. The van der Waals surface area contributed by atoms with Gasteiger partial charge in [0.05, 0.1) is 6.26 Å². The van der Waals surface area contributed by atoms with Gasteiger partial charge in [-0.1, -0.05) is 56.3 Å². The van der Waals surface area contributed by atoms with Crippen LogP contribution in [0.25, 0.3) is 0 Å². The molecule has 1 aromatic heterocycles. The third-order valence-corrected chi connectivity index (χ3v) is 4.60. The number of carbonyl (C=O) groups is 1. The number of nitrogens with two attached hydrogens (primary N) is 1. The summed E-state index contributed by atoms with van der Waals surface area (Å²) in [6.45, 7) is 4.88. The average molecular weight is 378 g/mol. The molecule has 3 rings (SSSR count). The average Bonchev–Trinajstić information content (AvgIpc) is 3.20. The van der Waals surface area contributed by atoms with Crippen molar-refractivity contribution in [1.29, 1.82) is 0 Å². The molecule has 0 aliphatic rings. The molecular formula is C23H26N2O3. The van der Waals surface area contributed by atoms with Crippen molar-refractivity contribution in [2.24, 2.45) is 5.73 Å². The van der Waals surface area contributed by atoms with Crippen molar-refractivity contribution in [3.63, 3.8) is 0 Å². The number of ether oxygens (including phenoxy) is 1. The molecule has 1 atom stereocenters. The van der Waals surface area contributed by atoms with E-state index in [4.69, 9.17) is 14.9 Å². The second kappa shape index (κ2) is 9.24. The maximum Gasteiger partial charge on any atom is 0.287 e. The molecule has 1 heterocycles. The van der Waals surface area contributed by atoms with Gasteiger partial charge in [-0.25, -0.2) is 0 Å². The van der Waals surface area contributed by atoms with Gasteiger partial charge in [-0.2, -0.15) is 0 Å². The highest BCUT2D eigenvalue weighted by atomic mass is 16.5. The van der Waals surface area contributed by atoms with Crippen molar-refractivity contribution >= 4 is 5.91 Å². The van der Waals surface area contributed by atoms with Gasteiger partial charge in [-0.3, -0.25) is 4.79 Å². The molecule has 5 nitrogen and oxygen atoms in total. The Hall–Kier alpha value is -3.05. The molecular weight excluding hydrogens is 352 g/mol. The van der Waals surface area contributed by atoms with Crippen LogP contribution in [0.15, 0.2) is 71.3 Å². The minimum Gasteiger partial charge on any atom is -0.489 e. The van der Waals surface area contributed by atoms with Gasteiger partial charge in [0.15, 0.2) is 5.76 Å². The summed E-state index contributed by atoms with van der Waals surface area (Å²) in [6, 6.07) is 19.1. The number of nitrogens with one attached hydrogen (secondary N) is 1. The van der Waals surface area contributed by atoms with Crippen LogP contribution in [-0.4, -0.2) is 12.5 Å². The minimum atomic E-state index is -0.300. The van der Waals surface area contributed by atoms with E-state index in [1.807, 2.05) is 42.5 Å². The van der Waals surface area contributed by atoms with Crippen LogP contribution in [-0.2, 0) is 6.61 Å². The Morgan fingerprint density at radius 2 is 1.71 bits per heavy atom. The van der Waals surface area contributed by atoms with E-state index in [0.29, 0.717) is 18.0 Å². The lowest BCUT2D eigenvalue weighted by Crippen LogP contribution is -2.32. The van der Waals surface area contributed by atoms with E-state index in [0.717, 1.165) is 11.3 Å². The number of carbonyl (C=O) groups excluding carboxylic acids is 1. The summed E-state index contributed by atoms with van der Waals surface area (Å²) in [5, 5.41) is 2.85. The molecule has 0 aliphatic carbocycles. The summed E-state index contributed by atoms with van der Waals surface area (Å²) < 4.78 is 11.1. The number of furan rings is 1. The maximum atomic E-state index is 12.5. The van der Waals surface area contributed by atoms with Crippen LogP contribution in [0.3, 0.4) is 0 Å². The maximum absolute atomic E-state index is 12.5. The number of benzene rings is 2. The van der Waals surface area contributed by atoms with Crippen LogP contribution >= 0.6 is 0 Å². The molecule has 0 fully saturated rings. The number of para-hydroxylation sites is 1. The Balaban J connectivity index is 1.55. The van der Waals surface area contributed by atoms with Crippen LogP contribution < -0.4 is 15.8 Å². The summed E-state index contributed by atoms with van der Waals surface area (Å²) in [7, 11) is 0. The summed E-state index contributed by atoms with van der Waals surface area (Å²) in [5.41, 5.74) is 9.16. The van der Waals surface area contributed by atoms with Crippen LogP contribution in [0, 0.1) is 0 Å². The fourth-order valence-electron chi connectivity index (χ4n) is 2.86. The zero-order valence-electron chi connectivity index (χ0n) is 16.2. The first-order valence-corrected chi connectivity index (χ1v) is 9.42. The predicted octanol–water partition coefficient (Wildman–Crippen LogP) is 4.41. The molecule has 5 heteroatoms. The Bertz CT molecular complexity index is 886. The third kappa shape index (κ3) is 5.02. The molecule has 0 saturated carbocycles. The molecule has 2 aromatic carbocycles. The zero-order valence-corrected chi connectivity index (χ0v) is 16.2. The first kappa shape index (κ1) is 19.7. The largest absolute Gasteiger partial charge is 0.489 e. The van der Waals surface area contributed by atoms with Crippen molar-refractivity contribution < 1.29 is 13.9 Å². The summed E-state index contributed by atoms with van der Waals surface area (Å²) >= 11 is 0. The van der Waals surface area contributed by atoms with Crippen LogP contribution in [0.4, 0.5) is 0 Å². The molecule has 1 amide bonds. The molecule has 1 unspecified atom stereocenters. The van der Waals surface area contributed by atoms with Gasteiger partial charge in [0.1, 0.15) is 12.4 Å². The Labute approximate surface area is 165 Å². The molecule has 3 N–H and O–H groups in total. The zero-order chi connectivity index (χ0) is 19.9. The lowest BCUT2D eigenvalue weighted by atomic mass is 9.99. The van der Waals surface area contributed by atoms with Crippen LogP contribution in [0.5, 0.6) is 5.75 Å². The quantitative estimate of drug-likeness (QED) is 0.609. The number of hydrogen-bond donors (Lipinski definition) is 2. The summed E-state index contributed by atoms with van der Waals surface area (Å²) in [4.78, 5) is 12.5. The molecule has 0 aliphatic heterocycles. The highest BCUT2D eigenvalue weighted by Gasteiger charge is 2.17. The lowest BCUT2D eigenvalue weighted by molar-refractivity contribution is 0.0920. The van der Waals surface area contributed by atoms with E-state index in [-0.39, 0.29) is 24.3 Å². The van der Waals surface area contributed by atoms with E-state index in [2.05, 4.69) is 31.3 Å². The summed E-state index contributed by atoms with van der Waals surface area (Å²) in [6.07, 6.45) is 1.49. The molecule has 3 aromatic rings. The van der Waals surface area contributed by atoms with Gasteiger partial charge in [0.2, 0.25) is 0 Å². The SMILES string of the molecule is CC(C)c1ccc(C(N)CNC(=O)c2occc2COc2ccccc2)cc1. The van der Waals surface area contributed by atoms with Gasteiger partial charge in [-0.05, 0) is 35.2 Å². The Morgan fingerprint density at radius 3 is 2.39 bits per heavy atom. The fraction of sp³-hybridized carbons (Fsp3) is 0.261. The van der Waals surface area contributed by atoms with Crippen molar-refractivity contribution in [3.8, 4) is 5.75 Å². The van der Waals surface area contributed by atoms with Crippen molar-refractivity contribution in [1.82, 2.24) is 5.32 Å². The lowest BCUT2D eigenvalue weighted by Gasteiger charge is -2.14. The van der Waals surface area contributed by atoms with Crippen molar-refractivity contribution in [2.45, 2.75) is 32.4 Å². The van der Waals surface area contributed by atoms with Gasteiger partial charge >= 0.3 is 0 Å². The van der Waals surface area contributed by atoms with Gasteiger partial charge in [0.25, 0.3) is 5.91 Å². The van der Waals surface area contributed by atoms with E-state index in [1.165, 1.54) is 11.8 Å². The predicted molar refractivity (Wildman–Crippen MR) is 109 cm³/mol. The number of hydrogen-bond acceptors (Lipinski definition) is 4. The topological polar surface area (TPSA) is 77.5 Å². The highest BCUT2D eigenvalue weighted by Crippen LogP contribution is 2.18. The van der Waals surface area contributed by atoms with Crippen LogP contribution in [0.1, 0.15) is 53.1 Å². The summed E-state index contributed by atoms with van der Waals surface area (Å²) in [5.74, 6) is 1.16. The smallest absolute Gasteiger partial charge is 0.287 e.